The van der Waals surface area contributed by atoms with Crippen molar-refractivity contribution in [3.63, 3.8) is 0 Å². The number of ketones is 1. The van der Waals surface area contributed by atoms with Gasteiger partial charge in [-0.1, -0.05) is 32.0 Å². The maximum atomic E-state index is 12.8. The minimum atomic E-state index is -0.269. The number of para-hydroxylation sites is 1. The lowest BCUT2D eigenvalue weighted by molar-refractivity contribution is -0.122. The number of fused-ring (bicyclic) bond motifs is 2. The number of hydrogen-bond acceptors (Lipinski definition) is 4. The normalized spacial score (nSPS) is 26.3. The molecule has 1 aromatic carbocycles. The molecule has 2 heterocycles. The monoisotopic (exact) mass is 309 g/mol. The number of aromatic nitrogens is 2. The van der Waals surface area contributed by atoms with Crippen LogP contribution in [0.4, 0.5) is 0 Å². The summed E-state index contributed by atoms with van der Waals surface area (Å²) in [6.45, 7) is 8.21. The van der Waals surface area contributed by atoms with E-state index in [1.165, 1.54) is 0 Å². The smallest absolute Gasteiger partial charge is 0.137 e. The van der Waals surface area contributed by atoms with Crippen molar-refractivity contribution < 1.29 is 4.79 Å². The van der Waals surface area contributed by atoms with Gasteiger partial charge in [0.1, 0.15) is 11.6 Å². The van der Waals surface area contributed by atoms with E-state index in [9.17, 15) is 4.79 Å². The van der Waals surface area contributed by atoms with Gasteiger partial charge in [-0.3, -0.25) is 4.79 Å². The summed E-state index contributed by atoms with van der Waals surface area (Å²) in [6, 6.07) is 8.09. The summed E-state index contributed by atoms with van der Waals surface area (Å²) >= 11 is 0. The third kappa shape index (κ3) is 2.45. The number of benzene rings is 1. The van der Waals surface area contributed by atoms with Crippen LogP contribution in [0.3, 0.4) is 0 Å². The number of carbonyl (C=O) groups is 1. The molecule has 1 unspecified atom stereocenters. The van der Waals surface area contributed by atoms with Gasteiger partial charge >= 0.3 is 0 Å². The Morgan fingerprint density at radius 3 is 2.65 bits per heavy atom. The van der Waals surface area contributed by atoms with Crippen LogP contribution < -0.4 is 5.32 Å². The van der Waals surface area contributed by atoms with Crippen molar-refractivity contribution in [3.05, 3.63) is 35.8 Å². The first kappa shape index (κ1) is 14.8. The molecule has 1 aromatic heterocycles. The third-order valence-corrected chi connectivity index (χ3v) is 5.44. The van der Waals surface area contributed by atoms with Crippen LogP contribution in [0, 0.1) is 24.7 Å². The maximum Gasteiger partial charge on any atom is 0.137 e. The zero-order chi connectivity index (χ0) is 16.2. The predicted octanol–water partition coefficient (Wildman–Crippen LogP) is 2.64. The van der Waals surface area contributed by atoms with Gasteiger partial charge in [-0.05, 0) is 37.9 Å². The molecule has 23 heavy (non-hydrogen) atoms. The largest absolute Gasteiger partial charge is 0.316 e. The second-order valence-electron chi connectivity index (χ2n) is 7.68. The summed E-state index contributed by atoms with van der Waals surface area (Å²) in [5, 5.41) is 4.42. The Morgan fingerprint density at radius 2 is 1.91 bits per heavy atom. The van der Waals surface area contributed by atoms with E-state index >= 15 is 0 Å². The first-order valence-corrected chi connectivity index (χ1v) is 8.45. The SMILES string of the molecule is Cc1nc(C(C)(C)CC(=O)C2[C@H]3CNC[C@@H]23)c2ccccc2n1. The number of rotatable bonds is 4. The third-order valence-electron chi connectivity index (χ3n) is 5.44. The van der Waals surface area contributed by atoms with Crippen molar-refractivity contribution in [2.24, 2.45) is 17.8 Å². The average molecular weight is 309 g/mol. The van der Waals surface area contributed by atoms with Gasteiger partial charge < -0.3 is 5.32 Å². The predicted molar refractivity (Wildman–Crippen MR) is 90.3 cm³/mol. The molecule has 1 aliphatic heterocycles. The summed E-state index contributed by atoms with van der Waals surface area (Å²) in [7, 11) is 0. The van der Waals surface area contributed by atoms with Crippen LogP contribution in [-0.4, -0.2) is 28.8 Å². The van der Waals surface area contributed by atoms with Crippen molar-refractivity contribution in [3.8, 4) is 0 Å². The number of hydrogen-bond donors (Lipinski definition) is 1. The van der Waals surface area contributed by atoms with Crippen LogP contribution in [0.2, 0.25) is 0 Å². The van der Waals surface area contributed by atoms with E-state index in [-0.39, 0.29) is 11.3 Å². The van der Waals surface area contributed by atoms with E-state index in [1.807, 2.05) is 25.1 Å². The fraction of sp³-hybridized carbons (Fsp3) is 0.526. The number of aryl methyl sites for hydroxylation is 1. The maximum absolute atomic E-state index is 12.8. The van der Waals surface area contributed by atoms with Crippen LogP contribution in [0.5, 0.6) is 0 Å². The molecule has 2 aliphatic rings. The molecule has 0 spiro atoms. The minimum absolute atomic E-state index is 0.269. The topological polar surface area (TPSA) is 54.9 Å². The Balaban J connectivity index is 1.64. The molecule has 0 radical (unpaired) electrons. The van der Waals surface area contributed by atoms with E-state index in [0.29, 0.717) is 24.0 Å². The average Bonchev–Trinajstić information content (AvgIpc) is 2.99. The number of nitrogens with one attached hydrogen (secondary N) is 1. The molecular formula is C19H23N3O. The highest BCUT2D eigenvalue weighted by Gasteiger charge is 2.56. The second-order valence-corrected chi connectivity index (χ2v) is 7.68. The highest BCUT2D eigenvalue weighted by molar-refractivity contribution is 5.87. The Morgan fingerprint density at radius 1 is 1.22 bits per heavy atom. The Bertz CT molecular complexity index is 773. The summed E-state index contributed by atoms with van der Waals surface area (Å²) in [4.78, 5) is 22.0. The van der Waals surface area contributed by atoms with Gasteiger partial charge in [-0.15, -0.1) is 0 Å². The summed E-state index contributed by atoms with van der Waals surface area (Å²) in [6.07, 6.45) is 0.561. The van der Waals surface area contributed by atoms with E-state index < -0.39 is 0 Å². The molecule has 0 amide bonds. The molecule has 3 atom stereocenters. The molecule has 120 valence electrons. The number of carbonyl (C=O) groups excluding carboxylic acids is 1. The number of nitrogens with zero attached hydrogens (tertiary/aromatic N) is 2. The molecule has 1 aliphatic carbocycles. The fourth-order valence-corrected chi connectivity index (χ4v) is 4.24. The number of piperidine rings is 1. The molecule has 4 rings (SSSR count). The van der Waals surface area contributed by atoms with Crippen LogP contribution in [0.25, 0.3) is 10.9 Å². The molecular weight excluding hydrogens is 286 g/mol. The minimum Gasteiger partial charge on any atom is -0.316 e. The Hall–Kier alpha value is -1.81. The van der Waals surface area contributed by atoms with E-state index in [0.717, 1.165) is 35.5 Å². The van der Waals surface area contributed by atoms with Gasteiger partial charge in [0.05, 0.1) is 11.2 Å². The molecule has 0 bridgehead atoms. The molecule has 2 aromatic rings. The Labute approximate surface area is 136 Å². The van der Waals surface area contributed by atoms with Crippen molar-refractivity contribution in [1.82, 2.24) is 15.3 Å². The lowest BCUT2D eigenvalue weighted by atomic mass is 9.80. The molecule has 4 nitrogen and oxygen atoms in total. The Kier molecular flexibility index (Phi) is 3.27. The lowest BCUT2D eigenvalue weighted by Crippen LogP contribution is -2.27. The van der Waals surface area contributed by atoms with Gasteiger partial charge in [-0.2, -0.15) is 0 Å². The standard InChI is InChI=1S/C19H23N3O/c1-11-21-15-7-5-4-6-12(15)18(22-11)19(2,3)8-16(23)17-13-9-20-10-14(13)17/h4-7,13-14,17,20H,8-10H2,1-3H3/t13-,14+,17?. The highest BCUT2D eigenvalue weighted by Crippen LogP contribution is 2.50. The molecule has 1 saturated heterocycles. The van der Waals surface area contributed by atoms with E-state index in [1.54, 1.807) is 0 Å². The van der Waals surface area contributed by atoms with Crippen LogP contribution in [0.1, 0.15) is 31.8 Å². The lowest BCUT2D eigenvalue weighted by Gasteiger charge is -2.25. The van der Waals surface area contributed by atoms with Crippen molar-refractivity contribution in [2.75, 3.05) is 13.1 Å². The summed E-state index contributed by atoms with van der Waals surface area (Å²) < 4.78 is 0. The van der Waals surface area contributed by atoms with Gasteiger partial charge in [0, 0.05) is 23.1 Å². The second kappa shape index (κ2) is 5.10. The van der Waals surface area contributed by atoms with Crippen LogP contribution in [0.15, 0.2) is 24.3 Å². The summed E-state index contributed by atoms with van der Waals surface area (Å²) in [5.74, 6) is 2.63. The first-order chi connectivity index (χ1) is 11.0. The van der Waals surface area contributed by atoms with Crippen molar-refractivity contribution >= 4 is 16.7 Å². The number of Topliss-reactive ketones (excluding diaryl/α,β-unsaturated/α-hetero) is 1. The van der Waals surface area contributed by atoms with Crippen molar-refractivity contribution in [1.29, 1.82) is 0 Å². The molecule has 2 fully saturated rings. The van der Waals surface area contributed by atoms with Gasteiger partial charge in [0.15, 0.2) is 0 Å². The van der Waals surface area contributed by atoms with E-state index in [2.05, 4.69) is 30.2 Å². The highest BCUT2D eigenvalue weighted by atomic mass is 16.1. The van der Waals surface area contributed by atoms with Gasteiger partial charge in [0.25, 0.3) is 0 Å². The summed E-state index contributed by atoms with van der Waals surface area (Å²) in [5.41, 5.74) is 1.69. The molecule has 1 saturated carbocycles. The first-order valence-electron chi connectivity index (χ1n) is 8.45. The molecule has 1 N–H and O–H groups in total. The van der Waals surface area contributed by atoms with Crippen LogP contribution in [-0.2, 0) is 10.2 Å². The fourth-order valence-electron chi connectivity index (χ4n) is 4.24. The van der Waals surface area contributed by atoms with Crippen molar-refractivity contribution in [2.45, 2.75) is 32.6 Å². The molecule has 4 heteroatoms. The van der Waals surface area contributed by atoms with Crippen LogP contribution >= 0.6 is 0 Å². The van der Waals surface area contributed by atoms with Gasteiger partial charge in [-0.25, -0.2) is 9.97 Å². The van der Waals surface area contributed by atoms with Gasteiger partial charge in [0.2, 0.25) is 0 Å². The zero-order valence-electron chi connectivity index (χ0n) is 14.0. The zero-order valence-corrected chi connectivity index (χ0v) is 14.0. The quantitative estimate of drug-likeness (QED) is 0.943. The van der Waals surface area contributed by atoms with E-state index in [4.69, 9.17) is 4.98 Å².